The molecule has 0 atom stereocenters. The van der Waals surface area contributed by atoms with Crippen LogP contribution in [0.5, 0.6) is 17.2 Å². The third-order valence-electron chi connectivity index (χ3n) is 6.19. The predicted octanol–water partition coefficient (Wildman–Crippen LogP) is 8.44. The molecule has 0 saturated heterocycles. The molecule has 0 bridgehead atoms. The standard InChI is InChI=1S/C28H18Cl3N5O8S2.2Na/c29-15-6-8-18(31)19(12-15)33-35-26-22(45(38,39)40)10-14-11-23(46(41,42)43)27(28(37)24(14)25(26)32)36-34-20-13-16(30)7-9-21(20)44-17-4-2-1-3-5-17;;/h1-13,37H,32H2,(H,38,39,40)(H,41,42,43);;. The van der Waals surface area contributed by atoms with Crippen LogP contribution in [0.15, 0.2) is 109 Å². The van der Waals surface area contributed by atoms with Gasteiger partial charge in [-0.15, -0.1) is 20.5 Å². The van der Waals surface area contributed by atoms with E-state index in [1.165, 1.54) is 36.4 Å². The van der Waals surface area contributed by atoms with Crippen molar-refractivity contribution >= 4 is 153 Å². The molecule has 5 aromatic carbocycles. The SMILES string of the molecule is Nc1c(N=Nc2cc(Cl)ccc2Cl)c(S(=O)(=O)O)cc2cc(S(=O)(=O)O)c(N=Nc3cc(Cl)ccc3Oc3ccccc3)c(O)c12.[Na].[Na]. The van der Waals surface area contributed by atoms with Gasteiger partial charge in [0.2, 0.25) is 0 Å². The van der Waals surface area contributed by atoms with Crippen LogP contribution in [0.25, 0.3) is 10.8 Å². The first-order valence-electron chi connectivity index (χ1n) is 12.5. The quantitative estimate of drug-likeness (QED) is 0.0515. The van der Waals surface area contributed by atoms with E-state index in [1.807, 2.05) is 0 Å². The molecule has 13 nitrogen and oxygen atoms in total. The van der Waals surface area contributed by atoms with Crippen LogP contribution in [-0.4, -0.2) is 90.2 Å². The molecule has 5 aromatic rings. The number of nitrogen functional groups attached to an aromatic ring is 1. The van der Waals surface area contributed by atoms with E-state index in [1.54, 1.807) is 30.3 Å². The minimum Gasteiger partial charge on any atom is -0.505 e. The Hall–Kier alpha value is -2.35. The Morgan fingerprint density at radius 3 is 1.79 bits per heavy atom. The fourth-order valence-corrected chi connectivity index (χ4v) is 5.96. The zero-order valence-electron chi connectivity index (χ0n) is 24.7. The van der Waals surface area contributed by atoms with Crippen molar-refractivity contribution in [3.8, 4) is 17.2 Å². The maximum atomic E-state index is 12.4. The second-order valence-corrected chi connectivity index (χ2v) is 13.3. The Kier molecular flexibility index (Phi) is 13.5. The van der Waals surface area contributed by atoms with Crippen LogP contribution in [-0.2, 0) is 20.2 Å². The number of anilines is 1. The number of aromatic hydroxyl groups is 1. The summed E-state index contributed by atoms with van der Waals surface area (Å²) in [5.74, 6) is -0.373. The van der Waals surface area contributed by atoms with Gasteiger partial charge in [0, 0.05) is 69.2 Å². The molecule has 0 aromatic heterocycles. The van der Waals surface area contributed by atoms with Crippen LogP contribution in [0.2, 0.25) is 15.1 Å². The smallest absolute Gasteiger partial charge is 0.296 e. The summed E-state index contributed by atoms with van der Waals surface area (Å²) in [4.78, 5) is -1.88. The summed E-state index contributed by atoms with van der Waals surface area (Å²) in [6.45, 7) is 0. The van der Waals surface area contributed by atoms with E-state index >= 15 is 0 Å². The maximum absolute atomic E-state index is 12.4. The van der Waals surface area contributed by atoms with Crippen molar-refractivity contribution in [2.45, 2.75) is 9.79 Å². The molecule has 0 aliphatic heterocycles. The number of hydrogen-bond donors (Lipinski definition) is 4. The van der Waals surface area contributed by atoms with E-state index in [2.05, 4.69) is 20.5 Å². The second kappa shape index (κ2) is 16.1. The number of phenolic OH excluding ortho intramolecular Hbond substituents is 1. The number of hydrogen-bond acceptors (Lipinski definition) is 11. The average molecular weight is 769 g/mol. The van der Waals surface area contributed by atoms with Crippen molar-refractivity contribution in [3.05, 3.63) is 93.9 Å². The average Bonchev–Trinajstić information content (AvgIpc) is 2.98. The van der Waals surface area contributed by atoms with Crippen molar-refractivity contribution in [1.82, 2.24) is 0 Å². The van der Waals surface area contributed by atoms with Crippen LogP contribution in [0.1, 0.15) is 0 Å². The van der Waals surface area contributed by atoms with Gasteiger partial charge in [0.05, 0.1) is 16.1 Å². The van der Waals surface area contributed by atoms with Crippen molar-refractivity contribution in [2.24, 2.45) is 20.5 Å². The van der Waals surface area contributed by atoms with Gasteiger partial charge in [-0.05, 0) is 66.0 Å². The summed E-state index contributed by atoms with van der Waals surface area (Å²) < 4.78 is 75.3. The molecule has 0 aliphatic carbocycles. The molecule has 2 radical (unpaired) electrons. The van der Waals surface area contributed by atoms with E-state index in [9.17, 15) is 31.0 Å². The van der Waals surface area contributed by atoms with Gasteiger partial charge in [-0.25, -0.2) is 0 Å². The molecule has 0 spiro atoms. The number of rotatable bonds is 8. The molecule has 0 saturated carbocycles. The van der Waals surface area contributed by atoms with Crippen molar-refractivity contribution in [2.75, 3.05) is 5.73 Å². The summed E-state index contributed by atoms with van der Waals surface area (Å²) >= 11 is 18.2. The van der Waals surface area contributed by atoms with Crippen LogP contribution in [0.4, 0.5) is 28.4 Å². The summed E-state index contributed by atoms with van der Waals surface area (Å²) in [5, 5.41) is 26.7. The number of benzene rings is 5. The van der Waals surface area contributed by atoms with E-state index in [0.717, 1.165) is 12.1 Å². The number of halogens is 3. The molecule has 48 heavy (non-hydrogen) atoms. The molecule has 5 N–H and O–H groups in total. The minimum atomic E-state index is -5.14. The molecule has 0 fully saturated rings. The van der Waals surface area contributed by atoms with Gasteiger partial charge in [0.1, 0.15) is 38.3 Å². The summed E-state index contributed by atoms with van der Waals surface area (Å²) in [5.41, 5.74) is 4.25. The summed E-state index contributed by atoms with van der Waals surface area (Å²) in [7, 11) is -10.2. The van der Waals surface area contributed by atoms with Gasteiger partial charge in [-0.3, -0.25) is 9.11 Å². The fourth-order valence-electron chi connectivity index (χ4n) is 4.14. The van der Waals surface area contributed by atoms with E-state index in [-0.39, 0.29) is 102 Å². The Morgan fingerprint density at radius 1 is 0.667 bits per heavy atom. The van der Waals surface area contributed by atoms with Crippen LogP contribution in [0.3, 0.4) is 0 Å². The van der Waals surface area contributed by atoms with Gasteiger partial charge in [0.15, 0.2) is 11.5 Å². The molecular formula is C28H18Cl3N5Na2O8S2. The van der Waals surface area contributed by atoms with Gasteiger partial charge >= 0.3 is 0 Å². The molecule has 0 amide bonds. The van der Waals surface area contributed by atoms with E-state index < -0.39 is 52.8 Å². The zero-order valence-corrected chi connectivity index (χ0v) is 32.6. The largest absolute Gasteiger partial charge is 0.505 e. The molecule has 238 valence electrons. The third kappa shape index (κ3) is 9.05. The summed E-state index contributed by atoms with van der Waals surface area (Å²) in [6.07, 6.45) is 0. The van der Waals surface area contributed by atoms with Crippen molar-refractivity contribution in [1.29, 1.82) is 0 Å². The maximum Gasteiger partial charge on any atom is 0.296 e. The number of nitrogens with two attached hydrogens (primary N) is 1. The molecule has 0 unspecified atom stereocenters. The molecular weight excluding hydrogens is 751 g/mol. The number of phenols is 1. The van der Waals surface area contributed by atoms with Gasteiger partial charge in [0.25, 0.3) is 20.2 Å². The zero-order chi connectivity index (χ0) is 33.4. The Labute approximate surface area is 332 Å². The van der Waals surface area contributed by atoms with Crippen molar-refractivity contribution < 1.29 is 35.8 Å². The van der Waals surface area contributed by atoms with Gasteiger partial charge < -0.3 is 15.6 Å². The van der Waals surface area contributed by atoms with E-state index in [0.29, 0.717) is 5.75 Å². The molecule has 0 heterocycles. The van der Waals surface area contributed by atoms with Gasteiger partial charge in [-0.1, -0.05) is 53.0 Å². The fraction of sp³-hybridized carbons (Fsp3) is 0. The summed E-state index contributed by atoms with van der Waals surface area (Å²) in [6, 6.07) is 18.6. The topological polar surface area (TPSA) is 214 Å². The van der Waals surface area contributed by atoms with Crippen LogP contribution in [0, 0.1) is 0 Å². The minimum absolute atomic E-state index is 0. The monoisotopic (exact) mass is 767 g/mol. The predicted molar refractivity (Wildman–Crippen MR) is 184 cm³/mol. The third-order valence-corrected chi connectivity index (χ3v) is 8.71. The number of para-hydroxylation sites is 1. The number of nitrogens with zero attached hydrogens (tertiary/aromatic N) is 4. The molecule has 5 rings (SSSR count). The number of ether oxygens (including phenoxy) is 1. The van der Waals surface area contributed by atoms with Crippen molar-refractivity contribution in [3.63, 3.8) is 0 Å². The Bertz CT molecular complexity index is 2320. The normalized spacial score (nSPS) is 11.9. The Morgan fingerprint density at radius 2 is 1.19 bits per heavy atom. The Balaban J connectivity index is 0.00000312. The first kappa shape index (κ1) is 40.1. The van der Waals surface area contributed by atoms with Crippen LogP contribution < -0.4 is 10.5 Å². The number of fused-ring (bicyclic) bond motifs is 1. The molecule has 0 aliphatic rings. The number of azo groups is 2. The van der Waals surface area contributed by atoms with Crippen LogP contribution >= 0.6 is 34.8 Å². The van der Waals surface area contributed by atoms with Gasteiger partial charge in [-0.2, -0.15) is 16.8 Å². The van der Waals surface area contributed by atoms with E-state index in [4.69, 9.17) is 45.3 Å². The first-order valence-corrected chi connectivity index (χ1v) is 16.5. The first-order chi connectivity index (χ1) is 21.6. The second-order valence-electron chi connectivity index (χ2n) is 9.28. The molecule has 20 heteroatoms.